The van der Waals surface area contributed by atoms with Crippen molar-refractivity contribution in [2.45, 2.75) is 13.5 Å². The number of benzene rings is 1. The standard InChI is InChI=1S/C12H14BrN3O3/c1-3-18-9-5-7(4-8(13)11(9)17-2)12-15-10(6-14)19-16-12/h4-5H,3,6,14H2,1-2H3. The maximum absolute atomic E-state index is 5.54. The van der Waals surface area contributed by atoms with Gasteiger partial charge in [0.15, 0.2) is 11.5 Å². The number of hydrogen-bond donors (Lipinski definition) is 1. The number of ether oxygens (including phenoxy) is 2. The maximum atomic E-state index is 5.54. The van der Waals surface area contributed by atoms with Crippen molar-refractivity contribution in [3.63, 3.8) is 0 Å². The second-order valence-electron chi connectivity index (χ2n) is 3.64. The number of rotatable bonds is 5. The van der Waals surface area contributed by atoms with E-state index in [1.807, 2.05) is 13.0 Å². The Kier molecular flexibility index (Phi) is 4.39. The van der Waals surface area contributed by atoms with E-state index in [-0.39, 0.29) is 6.54 Å². The van der Waals surface area contributed by atoms with Gasteiger partial charge in [0.2, 0.25) is 11.7 Å². The molecule has 0 aliphatic heterocycles. The van der Waals surface area contributed by atoms with E-state index in [1.54, 1.807) is 13.2 Å². The molecule has 2 aromatic rings. The SMILES string of the molecule is CCOc1cc(-c2noc(CN)n2)cc(Br)c1OC. The molecule has 19 heavy (non-hydrogen) atoms. The van der Waals surface area contributed by atoms with Crippen LogP contribution in [0, 0.1) is 0 Å². The van der Waals surface area contributed by atoms with Crippen LogP contribution in [0.5, 0.6) is 11.5 Å². The molecule has 7 heteroatoms. The Balaban J connectivity index is 2.46. The molecule has 6 nitrogen and oxygen atoms in total. The molecular weight excluding hydrogens is 314 g/mol. The van der Waals surface area contributed by atoms with Crippen LogP contribution in [0.2, 0.25) is 0 Å². The molecule has 0 radical (unpaired) electrons. The molecule has 0 fully saturated rings. The second kappa shape index (κ2) is 6.03. The molecule has 0 aliphatic rings. The summed E-state index contributed by atoms with van der Waals surface area (Å²) in [7, 11) is 1.59. The average Bonchev–Trinajstić information content (AvgIpc) is 2.87. The summed E-state index contributed by atoms with van der Waals surface area (Å²) in [6.45, 7) is 2.65. The summed E-state index contributed by atoms with van der Waals surface area (Å²) in [5, 5.41) is 3.87. The van der Waals surface area contributed by atoms with E-state index in [0.717, 1.165) is 10.0 Å². The zero-order chi connectivity index (χ0) is 13.8. The van der Waals surface area contributed by atoms with E-state index in [2.05, 4.69) is 26.1 Å². The van der Waals surface area contributed by atoms with E-state index in [4.69, 9.17) is 19.7 Å². The van der Waals surface area contributed by atoms with E-state index < -0.39 is 0 Å². The minimum atomic E-state index is 0.211. The van der Waals surface area contributed by atoms with Gasteiger partial charge in [-0.1, -0.05) is 5.16 Å². The quantitative estimate of drug-likeness (QED) is 0.907. The average molecular weight is 328 g/mol. The largest absolute Gasteiger partial charge is 0.492 e. The van der Waals surface area contributed by atoms with Crippen LogP contribution < -0.4 is 15.2 Å². The highest BCUT2D eigenvalue weighted by atomic mass is 79.9. The van der Waals surface area contributed by atoms with Gasteiger partial charge in [0, 0.05) is 5.56 Å². The highest BCUT2D eigenvalue weighted by molar-refractivity contribution is 9.10. The van der Waals surface area contributed by atoms with E-state index in [0.29, 0.717) is 29.8 Å². The minimum absolute atomic E-state index is 0.211. The lowest BCUT2D eigenvalue weighted by molar-refractivity contribution is 0.310. The fourth-order valence-corrected chi connectivity index (χ4v) is 2.22. The van der Waals surface area contributed by atoms with E-state index in [1.165, 1.54) is 0 Å². The molecule has 1 aromatic carbocycles. The third-order valence-electron chi connectivity index (χ3n) is 2.41. The van der Waals surface area contributed by atoms with Crippen LogP contribution in [-0.2, 0) is 6.54 Å². The summed E-state index contributed by atoms with van der Waals surface area (Å²) in [4.78, 5) is 4.18. The van der Waals surface area contributed by atoms with Crippen molar-refractivity contribution in [1.82, 2.24) is 10.1 Å². The van der Waals surface area contributed by atoms with Gasteiger partial charge in [0.05, 0.1) is 24.7 Å². The Labute approximate surface area is 119 Å². The lowest BCUT2D eigenvalue weighted by Crippen LogP contribution is -1.97. The molecule has 0 amide bonds. The van der Waals surface area contributed by atoms with Gasteiger partial charge in [-0.25, -0.2) is 0 Å². The van der Waals surface area contributed by atoms with Crippen LogP contribution in [-0.4, -0.2) is 23.9 Å². The topological polar surface area (TPSA) is 83.4 Å². The molecule has 102 valence electrons. The van der Waals surface area contributed by atoms with Gasteiger partial charge in [0.25, 0.3) is 0 Å². The highest BCUT2D eigenvalue weighted by Crippen LogP contribution is 2.38. The molecule has 0 unspecified atom stereocenters. The van der Waals surface area contributed by atoms with Crippen molar-refractivity contribution < 1.29 is 14.0 Å². The number of nitrogens with zero attached hydrogens (tertiary/aromatic N) is 2. The highest BCUT2D eigenvalue weighted by Gasteiger charge is 2.15. The fourth-order valence-electron chi connectivity index (χ4n) is 1.61. The van der Waals surface area contributed by atoms with Gasteiger partial charge < -0.3 is 19.7 Å². The molecule has 2 rings (SSSR count). The Hall–Kier alpha value is -1.60. The zero-order valence-electron chi connectivity index (χ0n) is 10.6. The third kappa shape index (κ3) is 2.87. The van der Waals surface area contributed by atoms with E-state index >= 15 is 0 Å². The van der Waals surface area contributed by atoms with Gasteiger partial charge in [-0.2, -0.15) is 4.98 Å². The maximum Gasteiger partial charge on any atom is 0.240 e. The first kappa shape index (κ1) is 13.8. The Morgan fingerprint density at radius 2 is 2.21 bits per heavy atom. The molecule has 2 N–H and O–H groups in total. The molecule has 0 spiro atoms. The molecule has 0 aliphatic carbocycles. The van der Waals surface area contributed by atoms with Crippen LogP contribution >= 0.6 is 15.9 Å². The van der Waals surface area contributed by atoms with Crippen LogP contribution in [0.15, 0.2) is 21.1 Å². The monoisotopic (exact) mass is 327 g/mol. The van der Waals surface area contributed by atoms with Crippen molar-refractivity contribution in [1.29, 1.82) is 0 Å². The second-order valence-corrected chi connectivity index (χ2v) is 4.49. The predicted octanol–water partition coefficient (Wildman–Crippen LogP) is 2.37. The minimum Gasteiger partial charge on any atom is -0.492 e. The number of hydrogen-bond acceptors (Lipinski definition) is 6. The molecule has 0 saturated carbocycles. The molecular formula is C12H14BrN3O3. The summed E-state index contributed by atoms with van der Waals surface area (Å²) in [6.07, 6.45) is 0. The molecule has 1 aromatic heterocycles. The predicted molar refractivity (Wildman–Crippen MR) is 73.0 cm³/mol. The van der Waals surface area contributed by atoms with E-state index in [9.17, 15) is 0 Å². The number of aromatic nitrogens is 2. The number of nitrogens with two attached hydrogens (primary N) is 1. The van der Waals surface area contributed by atoms with Crippen molar-refractivity contribution >= 4 is 15.9 Å². The smallest absolute Gasteiger partial charge is 0.240 e. The van der Waals surface area contributed by atoms with Crippen LogP contribution in [0.1, 0.15) is 12.8 Å². The van der Waals surface area contributed by atoms with Gasteiger partial charge in [-0.05, 0) is 35.0 Å². The lowest BCUT2D eigenvalue weighted by atomic mass is 10.2. The summed E-state index contributed by atoms with van der Waals surface area (Å²) in [5.41, 5.74) is 6.21. The summed E-state index contributed by atoms with van der Waals surface area (Å²) in [6, 6.07) is 3.64. The lowest BCUT2D eigenvalue weighted by Gasteiger charge is -2.11. The van der Waals surface area contributed by atoms with Crippen molar-refractivity contribution in [3.05, 3.63) is 22.5 Å². The van der Waals surface area contributed by atoms with Gasteiger partial charge in [-0.3, -0.25) is 0 Å². The number of halogens is 1. The molecule has 0 atom stereocenters. The molecule has 1 heterocycles. The zero-order valence-corrected chi connectivity index (χ0v) is 12.2. The normalized spacial score (nSPS) is 10.5. The van der Waals surface area contributed by atoms with Gasteiger partial charge in [-0.15, -0.1) is 0 Å². The van der Waals surface area contributed by atoms with Crippen molar-refractivity contribution in [3.8, 4) is 22.9 Å². The van der Waals surface area contributed by atoms with Gasteiger partial charge >= 0.3 is 0 Å². The first-order valence-electron chi connectivity index (χ1n) is 5.73. The summed E-state index contributed by atoms with van der Waals surface area (Å²) < 4.78 is 16.6. The summed E-state index contributed by atoms with van der Waals surface area (Å²) in [5.74, 6) is 2.10. The van der Waals surface area contributed by atoms with Crippen molar-refractivity contribution in [2.75, 3.05) is 13.7 Å². The first-order valence-corrected chi connectivity index (χ1v) is 6.52. The number of methoxy groups -OCH3 is 1. The van der Waals surface area contributed by atoms with Crippen molar-refractivity contribution in [2.24, 2.45) is 5.73 Å². The summed E-state index contributed by atoms with van der Waals surface area (Å²) >= 11 is 3.43. The van der Waals surface area contributed by atoms with Crippen LogP contribution in [0.3, 0.4) is 0 Å². The Morgan fingerprint density at radius 1 is 1.42 bits per heavy atom. The molecule has 0 bridgehead atoms. The van der Waals surface area contributed by atoms with Gasteiger partial charge in [0.1, 0.15) is 0 Å². The van der Waals surface area contributed by atoms with Crippen LogP contribution in [0.4, 0.5) is 0 Å². The molecule has 0 saturated heterocycles. The Morgan fingerprint density at radius 3 is 2.79 bits per heavy atom. The van der Waals surface area contributed by atoms with Crippen LogP contribution in [0.25, 0.3) is 11.4 Å². The first-order chi connectivity index (χ1) is 9.19. The third-order valence-corrected chi connectivity index (χ3v) is 3.00. The Bertz CT molecular complexity index is 571. The fraction of sp³-hybridized carbons (Fsp3) is 0.333.